The fraction of sp³-hybridized carbons (Fsp3) is 0. The lowest BCUT2D eigenvalue weighted by Crippen LogP contribution is -2.18. The second-order valence-corrected chi connectivity index (χ2v) is 6.01. The molecule has 0 atom stereocenters. The average Bonchev–Trinajstić information content (AvgIpc) is 2.66. The summed E-state index contributed by atoms with van der Waals surface area (Å²) in [4.78, 5) is 24.5. The third-order valence-corrected chi connectivity index (χ3v) is 4.19. The van der Waals surface area contributed by atoms with Crippen LogP contribution in [0.25, 0.3) is 21.7 Å². The summed E-state index contributed by atoms with van der Waals surface area (Å²) in [5.41, 5.74) is 5.60. The van der Waals surface area contributed by atoms with Crippen LogP contribution in [-0.2, 0) is 0 Å². The third kappa shape index (κ3) is 3.16. The number of esters is 1. The van der Waals surface area contributed by atoms with Crippen LogP contribution in [0.15, 0.2) is 75.9 Å². The van der Waals surface area contributed by atoms with Crippen molar-refractivity contribution in [3.8, 4) is 5.75 Å². The topological polar surface area (TPSA) is 106 Å². The van der Waals surface area contributed by atoms with E-state index in [1.165, 1.54) is 6.07 Å². The van der Waals surface area contributed by atoms with Crippen LogP contribution in [-0.4, -0.2) is 11.8 Å². The zero-order valence-corrected chi connectivity index (χ0v) is 14.1. The van der Waals surface area contributed by atoms with E-state index in [9.17, 15) is 9.59 Å². The van der Waals surface area contributed by atoms with Crippen molar-refractivity contribution in [3.63, 3.8) is 0 Å². The van der Waals surface area contributed by atoms with E-state index in [0.29, 0.717) is 22.3 Å². The first-order chi connectivity index (χ1) is 13.0. The Morgan fingerprint density at radius 1 is 0.926 bits per heavy atom. The Morgan fingerprint density at radius 2 is 1.67 bits per heavy atom. The maximum Gasteiger partial charge on any atom is 0.351 e. The second-order valence-electron chi connectivity index (χ2n) is 6.01. The van der Waals surface area contributed by atoms with E-state index < -0.39 is 11.6 Å². The molecule has 1 heterocycles. The van der Waals surface area contributed by atoms with Gasteiger partial charge in [-0.05, 0) is 41.1 Å². The highest BCUT2D eigenvalue weighted by Gasteiger charge is 2.16. The van der Waals surface area contributed by atoms with Crippen LogP contribution in [0.1, 0.15) is 15.9 Å². The highest BCUT2D eigenvalue weighted by atomic mass is 16.5. The monoisotopic (exact) mass is 358 g/mol. The molecule has 0 amide bonds. The van der Waals surface area contributed by atoms with E-state index in [1.54, 1.807) is 60.7 Å². The summed E-state index contributed by atoms with van der Waals surface area (Å²) in [5.74, 6) is -0.500. The zero-order chi connectivity index (χ0) is 19.0. The zero-order valence-electron chi connectivity index (χ0n) is 14.1. The SMILES string of the molecule is N=C(N)c1ccc2cc(OC(=O)c3cc4ccccc4oc3=O)ccc2c1. The van der Waals surface area contributed by atoms with E-state index in [-0.39, 0.29) is 11.4 Å². The number of fused-ring (bicyclic) bond motifs is 2. The molecule has 0 saturated carbocycles. The summed E-state index contributed by atoms with van der Waals surface area (Å²) >= 11 is 0. The molecule has 0 fully saturated rings. The molecule has 132 valence electrons. The minimum Gasteiger partial charge on any atom is -0.423 e. The molecule has 1 aromatic heterocycles. The largest absolute Gasteiger partial charge is 0.423 e. The lowest BCUT2D eigenvalue weighted by atomic mass is 10.1. The van der Waals surface area contributed by atoms with Gasteiger partial charge in [0.15, 0.2) is 0 Å². The Kier molecular flexibility index (Phi) is 3.93. The predicted octanol–water partition coefficient (Wildman–Crippen LogP) is 3.45. The summed E-state index contributed by atoms with van der Waals surface area (Å²) < 4.78 is 10.5. The number of benzene rings is 3. The fourth-order valence-electron chi connectivity index (χ4n) is 2.82. The number of nitrogen functional groups attached to an aromatic ring is 1. The van der Waals surface area contributed by atoms with Gasteiger partial charge in [-0.3, -0.25) is 5.41 Å². The molecule has 0 radical (unpaired) electrons. The number of hydrogen-bond acceptors (Lipinski definition) is 5. The smallest absolute Gasteiger partial charge is 0.351 e. The van der Waals surface area contributed by atoms with Gasteiger partial charge in [0.05, 0.1) is 0 Å². The van der Waals surface area contributed by atoms with Crippen LogP contribution in [0.5, 0.6) is 5.75 Å². The van der Waals surface area contributed by atoms with Crippen LogP contribution in [0, 0.1) is 5.41 Å². The number of amidine groups is 1. The third-order valence-electron chi connectivity index (χ3n) is 4.19. The highest BCUT2D eigenvalue weighted by Crippen LogP contribution is 2.23. The van der Waals surface area contributed by atoms with Crippen LogP contribution in [0.4, 0.5) is 0 Å². The molecule has 0 unspecified atom stereocenters. The van der Waals surface area contributed by atoms with Crippen molar-refractivity contribution in [2.75, 3.05) is 0 Å². The van der Waals surface area contributed by atoms with Crippen molar-refractivity contribution in [1.82, 2.24) is 0 Å². The number of carbonyl (C=O) groups excluding carboxylic acids is 1. The van der Waals surface area contributed by atoms with Crippen LogP contribution >= 0.6 is 0 Å². The van der Waals surface area contributed by atoms with Gasteiger partial charge in [-0.25, -0.2) is 9.59 Å². The molecule has 4 aromatic rings. The van der Waals surface area contributed by atoms with E-state index >= 15 is 0 Å². The van der Waals surface area contributed by atoms with Crippen molar-refractivity contribution < 1.29 is 13.9 Å². The van der Waals surface area contributed by atoms with E-state index in [1.807, 2.05) is 0 Å². The van der Waals surface area contributed by atoms with Gasteiger partial charge in [-0.15, -0.1) is 0 Å². The van der Waals surface area contributed by atoms with Gasteiger partial charge in [0.2, 0.25) is 0 Å². The maximum atomic E-state index is 12.4. The van der Waals surface area contributed by atoms with E-state index in [0.717, 1.165) is 10.8 Å². The maximum absolute atomic E-state index is 12.4. The Hall–Kier alpha value is -3.93. The van der Waals surface area contributed by atoms with Gasteiger partial charge in [0.1, 0.15) is 22.7 Å². The number of para-hydroxylation sites is 1. The summed E-state index contributed by atoms with van der Waals surface area (Å²) in [6, 6.07) is 18.7. The van der Waals surface area contributed by atoms with E-state index in [4.69, 9.17) is 20.3 Å². The highest BCUT2D eigenvalue weighted by molar-refractivity contribution is 5.99. The molecule has 0 spiro atoms. The van der Waals surface area contributed by atoms with Crippen LogP contribution in [0.2, 0.25) is 0 Å². The van der Waals surface area contributed by atoms with Crippen molar-refractivity contribution in [1.29, 1.82) is 5.41 Å². The van der Waals surface area contributed by atoms with Crippen molar-refractivity contribution in [2.24, 2.45) is 5.73 Å². The van der Waals surface area contributed by atoms with Gasteiger partial charge in [0.25, 0.3) is 0 Å². The van der Waals surface area contributed by atoms with Crippen LogP contribution in [0.3, 0.4) is 0 Å². The molecule has 6 heteroatoms. The van der Waals surface area contributed by atoms with Gasteiger partial charge in [-0.1, -0.05) is 36.4 Å². The molecular weight excluding hydrogens is 344 g/mol. The second kappa shape index (κ2) is 6.42. The molecule has 4 rings (SSSR count). The fourth-order valence-corrected chi connectivity index (χ4v) is 2.82. The van der Waals surface area contributed by atoms with Crippen molar-refractivity contribution >= 4 is 33.5 Å². The lowest BCUT2D eigenvalue weighted by Gasteiger charge is -2.07. The van der Waals surface area contributed by atoms with Gasteiger partial charge in [-0.2, -0.15) is 0 Å². The number of ether oxygens (including phenoxy) is 1. The molecule has 0 aliphatic rings. The van der Waals surface area contributed by atoms with Crippen molar-refractivity contribution in [2.45, 2.75) is 0 Å². The first kappa shape index (κ1) is 16.5. The van der Waals surface area contributed by atoms with E-state index in [2.05, 4.69) is 0 Å². The number of nitrogens with two attached hydrogens (primary N) is 1. The molecule has 3 N–H and O–H groups in total. The number of hydrogen-bond donors (Lipinski definition) is 2. The molecular formula is C21H14N2O4. The van der Waals surface area contributed by atoms with Gasteiger partial charge >= 0.3 is 11.6 Å². The molecule has 6 nitrogen and oxygen atoms in total. The molecule has 0 aliphatic carbocycles. The summed E-state index contributed by atoms with van der Waals surface area (Å²) in [5, 5.41) is 9.80. The molecule has 0 aliphatic heterocycles. The lowest BCUT2D eigenvalue weighted by molar-refractivity contribution is 0.0731. The first-order valence-electron chi connectivity index (χ1n) is 8.14. The molecule has 27 heavy (non-hydrogen) atoms. The predicted molar refractivity (Wildman–Crippen MR) is 102 cm³/mol. The first-order valence-corrected chi connectivity index (χ1v) is 8.14. The number of nitrogens with one attached hydrogen (secondary N) is 1. The molecule has 3 aromatic carbocycles. The normalized spacial score (nSPS) is 10.8. The summed E-state index contributed by atoms with van der Waals surface area (Å²) in [6.07, 6.45) is 0. The Balaban J connectivity index is 1.66. The van der Waals surface area contributed by atoms with Gasteiger partial charge < -0.3 is 14.9 Å². The number of rotatable bonds is 3. The Morgan fingerprint density at radius 3 is 2.48 bits per heavy atom. The van der Waals surface area contributed by atoms with Crippen LogP contribution < -0.4 is 16.1 Å². The number of carbonyl (C=O) groups is 1. The minimum atomic E-state index is -0.783. The molecule has 0 saturated heterocycles. The Labute approximate surface area is 153 Å². The summed E-state index contributed by atoms with van der Waals surface area (Å²) in [7, 11) is 0. The Bertz CT molecular complexity index is 1270. The quantitative estimate of drug-likeness (QED) is 0.192. The van der Waals surface area contributed by atoms with Crippen molar-refractivity contribution in [3.05, 3.63) is 88.3 Å². The minimum absolute atomic E-state index is 0.0181. The van der Waals surface area contributed by atoms with Gasteiger partial charge in [0, 0.05) is 10.9 Å². The summed E-state index contributed by atoms with van der Waals surface area (Å²) in [6.45, 7) is 0. The molecule has 0 bridgehead atoms. The standard InChI is InChI=1S/C21H14N2O4/c22-19(23)15-6-5-13-10-16(8-7-12(13)9-15)26-20(24)17-11-14-3-1-2-4-18(14)27-21(17)25/h1-11H,(H3,22,23). The average molecular weight is 358 g/mol.